The molecule has 1 fully saturated rings. The molecule has 3 rings (SSSR count). The first-order valence-electron chi connectivity index (χ1n) is 7.70. The van der Waals surface area contributed by atoms with Crippen molar-refractivity contribution < 1.29 is 0 Å². The molecule has 0 amide bonds. The Labute approximate surface area is 125 Å². The van der Waals surface area contributed by atoms with Gasteiger partial charge in [-0.3, -0.25) is 9.36 Å². The van der Waals surface area contributed by atoms with Crippen molar-refractivity contribution in [3.63, 3.8) is 0 Å². The van der Waals surface area contributed by atoms with Crippen LogP contribution >= 0.6 is 0 Å². The quantitative estimate of drug-likeness (QED) is 0.927. The van der Waals surface area contributed by atoms with E-state index in [2.05, 4.69) is 29.3 Å². The molecular weight excluding hydrogens is 264 g/mol. The maximum absolute atomic E-state index is 6.12. The van der Waals surface area contributed by atoms with Gasteiger partial charge in [0.25, 0.3) is 0 Å². The topological polar surface area (TPSA) is 74.5 Å². The summed E-state index contributed by atoms with van der Waals surface area (Å²) in [4.78, 5) is 0. The molecule has 0 aromatic carbocycles. The van der Waals surface area contributed by atoms with E-state index >= 15 is 0 Å². The van der Waals surface area contributed by atoms with Crippen LogP contribution in [-0.2, 0) is 13.1 Å². The Hall–Kier alpha value is -1.69. The van der Waals surface area contributed by atoms with Crippen LogP contribution in [-0.4, -0.2) is 30.8 Å². The summed E-state index contributed by atoms with van der Waals surface area (Å²) in [5.74, 6) is 0.537. The Kier molecular flexibility index (Phi) is 3.80. The van der Waals surface area contributed by atoms with E-state index in [0.29, 0.717) is 18.5 Å². The van der Waals surface area contributed by atoms with Crippen LogP contribution in [0.15, 0.2) is 6.20 Å². The Morgan fingerprint density at radius 3 is 2.71 bits per heavy atom. The fraction of sp³-hybridized carbons (Fsp3) is 0.667. The smallest absolute Gasteiger partial charge is 0.104 e. The summed E-state index contributed by atoms with van der Waals surface area (Å²) in [5.41, 5.74) is 10.6. The summed E-state index contributed by atoms with van der Waals surface area (Å²) in [6.45, 7) is 7.79. The largest absolute Gasteiger partial charge is 0.327 e. The molecule has 2 aromatic heterocycles. The number of aryl methyl sites for hydroxylation is 1. The third-order valence-electron chi connectivity index (χ3n) is 4.78. The van der Waals surface area contributed by atoms with Gasteiger partial charge in [0.15, 0.2) is 0 Å². The third kappa shape index (κ3) is 2.85. The van der Waals surface area contributed by atoms with Gasteiger partial charge in [-0.2, -0.15) is 5.10 Å². The second-order valence-corrected chi connectivity index (χ2v) is 6.24. The Balaban J connectivity index is 1.68. The summed E-state index contributed by atoms with van der Waals surface area (Å²) in [6, 6.07) is 0.316. The highest BCUT2D eigenvalue weighted by Crippen LogP contribution is 2.25. The van der Waals surface area contributed by atoms with E-state index in [-0.39, 0.29) is 0 Å². The zero-order chi connectivity index (χ0) is 15.0. The molecule has 0 spiro atoms. The fourth-order valence-corrected chi connectivity index (χ4v) is 3.13. The van der Waals surface area contributed by atoms with Gasteiger partial charge in [-0.1, -0.05) is 11.6 Å². The van der Waals surface area contributed by atoms with Gasteiger partial charge in [0, 0.05) is 18.3 Å². The molecule has 2 N–H and O–H groups in total. The molecule has 6 nitrogen and oxygen atoms in total. The van der Waals surface area contributed by atoms with Gasteiger partial charge in [-0.25, -0.2) is 0 Å². The van der Waals surface area contributed by atoms with E-state index < -0.39 is 0 Å². The van der Waals surface area contributed by atoms with Gasteiger partial charge in [-0.05, 0) is 45.1 Å². The van der Waals surface area contributed by atoms with Crippen molar-refractivity contribution in [1.82, 2.24) is 24.8 Å². The monoisotopic (exact) mass is 288 g/mol. The average molecular weight is 288 g/mol. The number of nitrogens with zero attached hydrogens (tertiary/aromatic N) is 5. The first-order chi connectivity index (χ1) is 10.0. The first kappa shape index (κ1) is 14.3. The van der Waals surface area contributed by atoms with Crippen LogP contribution in [0.4, 0.5) is 0 Å². The van der Waals surface area contributed by atoms with Crippen molar-refractivity contribution in [3.05, 3.63) is 28.8 Å². The first-order valence-corrected chi connectivity index (χ1v) is 7.70. The third-order valence-corrected chi connectivity index (χ3v) is 4.78. The van der Waals surface area contributed by atoms with Crippen molar-refractivity contribution in [1.29, 1.82) is 0 Å². The molecule has 114 valence electrons. The molecule has 1 aliphatic carbocycles. The number of hydrogen-bond donors (Lipinski definition) is 1. The summed E-state index contributed by atoms with van der Waals surface area (Å²) in [5, 5.41) is 13.1. The molecule has 2 atom stereocenters. The van der Waals surface area contributed by atoms with E-state index in [1.54, 1.807) is 0 Å². The average Bonchev–Trinajstić information content (AvgIpc) is 3.11. The van der Waals surface area contributed by atoms with Crippen molar-refractivity contribution in [3.8, 4) is 0 Å². The molecule has 2 aromatic rings. The van der Waals surface area contributed by atoms with Crippen LogP contribution in [0.2, 0.25) is 0 Å². The van der Waals surface area contributed by atoms with Crippen LogP contribution in [0.25, 0.3) is 0 Å². The highest BCUT2D eigenvalue weighted by atomic mass is 15.4. The van der Waals surface area contributed by atoms with Gasteiger partial charge in [0.1, 0.15) is 5.69 Å². The molecule has 1 aliphatic rings. The molecule has 0 unspecified atom stereocenters. The van der Waals surface area contributed by atoms with Gasteiger partial charge >= 0.3 is 0 Å². The molecule has 0 aliphatic heterocycles. The van der Waals surface area contributed by atoms with E-state index in [0.717, 1.165) is 24.4 Å². The predicted molar refractivity (Wildman–Crippen MR) is 80.9 cm³/mol. The molecule has 1 saturated carbocycles. The fourth-order valence-electron chi connectivity index (χ4n) is 3.13. The van der Waals surface area contributed by atoms with Crippen molar-refractivity contribution in [2.45, 2.75) is 59.2 Å². The zero-order valence-electron chi connectivity index (χ0n) is 13.1. The van der Waals surface area contributed by atoms with Gasteiger partial charge < -0.3 is 5.73 Å². The summed E-state index contributed by atoms with van der Waals surface area (Å²) >= 11 is 0. The molecule has 21 heavy (non-hydrogen) atoms. The van der Waals surface area contributed by atoms with Gasteiger partial charge in [0.05, 0.1) is 18.4 Å². The van der Waals surface area contributed by atoms with E-state index in [1.807, 2.05) is 22.5 Å². The van der Waals surface area contributed by atoms with Crippen molar-refractivity contribution >= 4 is 0 Å². The molecule has 0 bridgehead atoms. The lowest BCUT2D eigenvalue weighted by Crippen LogP contribution is -2.28. The maximum Gasteiger partial charge on any atom is 0.104 e. The highest BCUT2D eigenvalue weighted by molar-refractivity contribution is 5.22. The predicted octanol–water partition coefficient (Wildman–Crippen LogP) is 1.58. The van der Waals surface area contributed by atoms with Crippen LogP contribution < -0.4 is 5.73 Å². The summed E-state index contributed by atoms with van der Waals surface area (Å²) in [6.07, 6.45) is 5.60. The standard InChI is InChI=1S/C15H24N6/c1-10-11(2)18-21(12(10)3)9-14-8-20(19-17-14)7-13-5-4-6-15(13)16/h8,13,15H,4-7,9,16H2,1-3H3/t13-,15-/m0/s1. The molecule has 0 saturated heterocycles. The molecule has 0 radical (unpaired) electrons. The van der Waals surface area contributed by atoms with Gasteiger partial charge in [0.2, 0.25) is 0 Å². The number of aromatic nitrogens is 5. The van der Waals surface area contributed by atoms with Crippen LogP contribution in [0.5, 0.6) is 0 Å². The molecule has 6 heteroatoms. The Morgan fingerprint density at radius 2 is 2.10 bits per heavy atom. The SMILES string of the molecule is Cc1nn(Cc2cn(C[C@@H]3CCC[C@@H]3N)nn2)c(C)c1C. The zero-order valence-corrected chi connectivity index (χ0v) is 13.1. The van der Waals surface area contributed by atoms with E-state index in [1.165, 1.54) is 24.1 Å². The Morgan fingerprint density at radius 1 is 1.29 bits per heavy atom. The number of nitrogens with two attached hydrogens (primary N) is 1. The van der Waals surface area contributed by atoms with Crippen LogP contribution in [0.3, 0.4) is 0 Å². The van der Waals surface area contributed by atoms with Crippen LogP contribution in [0, 0.1) is 26.7 Å². The number of rotatable bonds is 4. The molecule has 2 heterocycles. The lowest BCUT2D eigenvalue weighted by molar-refractivity contribution is 0.385. The lowest BCUT2D eigenvalue weighted by atomic mass is 10.1. The minimum Gasteiger partial charge on any atom is -0.327 e. The minimum atomic E-state index is 0.316. The Bertz CT molecular complexity index is 626. The van der Waals surface area contributed by atoms with Crippen molar-refractivity contribution in [2.24, 2.45) is 11.7 Å². The van der Waals surface area contributed by atoms with Gasteiger partial charge in [-0.15, -0.1) is 5.10 Å². The second kappa shape index (κ2) is 5.60. The lowest BCUT2D eigenvalue weighted by Gasteiger charge is -2.14. The highest BCUT2D eigenvalue weighted by Gasteiger charge is 2.24. The minimum absolute atomic E-state index is 0.316. The van der Waals surface area contributed by atoms with E-state index in [9.17, 15) is 0 Å². The van der Waals surface area contributed by atoms with E-state index in [4.69, 9.17) is 5.73 Å². The molecular formula is C15H24N6. The summed E-state index contributed by atoms with van der Waals surface area (Å²) in [7, 11) is 0. The number of hydrogen-bond acceptors (Lipinski definition) is 4. The normalized spacial score (nSPS) is 22.1. The summed E-state index contributed by atoms with van der Waals surface area (Å²) < 4.78 is 3.93. The van der Waals surface area contributed by atoms with Crippen molar-refractivity contribution in [2.75, 3.05) is 0 Å². The van der Waals surface area contributed by atoms with Crippen LogP contribution in [0.1, 0.15) is 41.9 Å². The second-order valence-electron chi connectivity index (χ2n) is 6.24. The maximum atomic E-state index is 6.12.